The number of esters is 1. The van der Waals surface area contributed by atoms with Gasteiger partial charge in [0.1, 0.15) is 30.2 Å². The molecule has 11 nitrogen and oxygen atoms in total. The van der Waals surface area contributed by atoms with Crippen molar-refractivity contribution in [3.05, 3.63) is 47.0 Å². The molecular weight excluding hydrogens is 774 g/mol. The van der Waals surface area contributed by atoms with E-state index < -0.39 is 24.2 Å². The van der Waals surface area contributed by atoms with Crippen LogP contribution in [0.5, 0.6) is 0 Å². The molecule has 1 aromatic carbocycles. The molecule has 0 bridgehead atoms. The summed E-state index contributed by atoms with van der Waals surface area (Å²) in [5.41, 5.74) is 1.04. The predicted molar refractivity (Wildman–Crippen MR) is 224 cm³/mol. The van der Waals surface area contributed by atoms with E-state index >= 15 is 4.79 Å². The molecule has 0 spiro atoms. The van der Waals surface area contributed by atoms with Gasteiger partial charge in [-0.2, -0.15) is 0 Å². The molecule has 0 aromatic heterocycles. The van der Waals surface area contributed by atoms with Crippen LogP contribution in [0.3, 0.4) is 0 Å². The molecule has 7 rings (SSSR count). The van der Waals surface area contributed by atoms with Crippen molar-refractivity contribution in [1.29, 1.82) is 0 Å². The molecule has 59 heavy (non-hydrogen) atoms. The Labute approximate surface area is 357 Å². The van der Waals surface area contributed by atoms with Crippen molar-refractivity contribution in [2.45, 2.75) is 159 Å². The quantitative estimate of drug-likeness (QED) is 0.172. The molecule has 5 fully saturated rings. The molecular formula is C47H70ClNO10. The number of carbonyl (C=O) groups excluding carboxylic acids is 2. The average molecular weight is 845 g/mol. The van der Waals surface area contributed by atoms with Crippen molar-refractivity contribution in [3.8, 4) is 0 Å². The van der Waals surface area contributed by atoms with Crippen molar-refractivity contribution < 1.29 is 47.5 Å². The Morgan fingerprint density at radius 1 is 0.831 bits per heavy atom. The van der Waals surface area contributed by atoms with Crippen LogP contribution in [0.2, 0.25) is 5.02 Å². The molecule has 3 aliphatic heterocycles. The Kier molecular flexibility index (Phi) is 15.0. The summed E-state index contributed by atoms with van der Waals surface area (Å²) in [5, 5.41) is 0.633. The van der Waals surface area contributed by atoms with Crippen LogP contribution in [-0.2, 0) is 47.5 Å². The molecule has 3 saturated heterocycles. The summed E-state index contributed by atoms with van der Waals surface area (Å²) < 4.78 is 50.5. The highest BCUT2D eigenvalue weighted by Crippen LogP contribution is 2.63. The molecule has 3 aliphatic carbocycles. The fourth-order valence-electron chi connectivity index (χ4n) is 12.3. The van der Waals surface area contributed by atoms with Crippen LogP contribution in [0.15, 0.2) is 36.4 Å². The third-order valence-electron chi connectivity index (χ3n) is 15.1. The Bertz CT molecular complexity index is 1610. The molecule has 19 atom stereocenters. The first-order valence-electron chi connectivity index (χ1n) is 22.4. The highest BCUT2D eigenvalue weighted by atomic mass is 35.5. The van der Waals surface area contributed by atoms with E-state index in [9.17, 15) is 4.79 Å². The standard InChI is InChI=1S/C47H70ClNO10/c1-10-31-15-12-16-37(59-39-20-19-36(49(5)6)26(3)55-39)25(2)43(51)42-35(24-38(50)57-31)33-18-17-28-22-32(23-34(28)41(33)40(42)29-13-11-14-30(48)21-29)58-47-46(54-9)45(53-8)44(52-7)27(4)56-47/h11,13-14,17-18,21,25-28,31-37,39-42,44-47H,10,12,15-16,19-20,22-24H2,1-9H3/t25-,26?,27?,28-,31+,32-,33+,34-,35+,36+,37+,39+,40?,41-,42?,44+,45?,46?,47+/m1/s1. The van der Waals surface area contributed by atoms with Crippen LogP contribution in [0.25, 0.3) is 0 Å². The van der Waals surface area contributed by atoms with Crippen LogP contribution in [0.4, 0.5) is 0 Å². The van der Waals surface area contributed by atoms with E-state index in [-0.39, 0.29) is 103 Å². The van der Waals surface area contributed by atoms with Gasteiger partial charge in [-0.15, -0.1) is 0 Å². The Morgan fingerprint density at radius 3 is 2.27 bits per heavy atom. The van der Waals surface area contributed by atoms with Crippen LogP contribution < -0.4 is 0 Å². The van der Waals surface area contributed by atoms with Crippen molar-refractivity contribution in [2.75, 3.05) is 35.4 Å². The van der Waals surface area contributed by atoms with Crippen molar-refractivity contribution in [2.24, 2.45) is 41.4 Å². The number of hydrogen-bond donors (Lipinski definition) is 0. The van der Waals surface area contributed by atoms with E-state index in [1.165, 1.54) is 0 Å². The third-order valence-corrected chi connectivity index (χ3v) is 15.3. The normalized spacial score (nSPS) is 44.3. The molecule has 330 valence electrons. The fraction of sp³-hybridized carbons (Fsp3) is 0.787. The molecule has 2 saturated carbocycles. The second-order valence-corrected chi connectivity index (χ2v) is 19.0. The first-order chi connectivity index (χ1) is 28.4. The molecule has 0 radical (unpaired) electrons. The number of fused-ring (bicyclic) bond motifs is 5. The number of benzene rings is 1. The number of allylic oxidation sites excluding steroid dienone is 2. The van der Waals surface area contributed by atoms with Gasteiger partial charge in [0, 0.05) is 50.7 Å². The van der Waals surface area contributed by atoms with Gasteiger partial charge in [0.25, 0.3) is 0 Å². The fourth-order valence-corrected chi connectivity index (χ4v) is 12.5. The molecule has 0 N–H and O–H groups in total. The minimum Gasteiger partial charge on any atom is -0.462 e. The van der Waals surface area contributed by atoms with Crippen LogP contribution in [-0.4, -0.2) is 120 Å². The zero-order chi connectivity index (χ0) is 42.1. The van der Waals surface area contributed by atoms with Crippen LogP contribution >= 0.6 is 11.6 Å². The topological polar surface area (TPSA) is 111 Å². The van der Waals surface area contributed by atoms with Gasteiger partial charge in [-0.3, -0.25) is 9.59 Å². The second kappa shape index (κ2) is 19.6. The SMILES string of the molecule is CC[C@H]1CCC[C@H](O[C@H]2CC[C@H](N(C)C)C(C)O2)[C@@H](C)C(=O)C2C(c3cccc(Cl)c3)[C@@H]3[C@@H](C=C[C@@H]4C[C@@H](O[C@@H]5OC(C)[C@H](OC)C(OC)C5OC)C[C@@H]34)[C@@H]2CC(=O)O1. The van der Waals surface area contributed by atoms with E-state index in [0.29, 0.717) is 17.5 Å². The van der Waals surface area contributed by atoms with Gasteiger partial charge in [0.15, 0.2) is 12.6 Å². The molecule has 1 aromatic rings. The van der Waals surface area contributed by atoms with Gasteiger partial charge in [-0.05, 0) is 133 Å². The van der Waals surface area contributed by atoms with Gasteiger partial charge in [0.05, 0.1) is 24.4 Å². The number of ether oxygens (including phenoxy) is 8. The number of rotatable bonds is 10. The maximum Gasteiger partial charge on any atom is 0.306 e. The number of methoxy groups -OCH3 is 3. The van der Waals surface area contributed by atoms with E-state index in [2.05, 4.69) is 51.1 Å². The lowest BCUT2D eigenvalue weighted by molar-refractivity contribution is -0.314. The zero-order valence-corrected chi connectivity index (χ0v) is 37.5. The maximum atomic E-state index is 15.6. The number of ketones is 1. The van der Waals surface area contributed by atoms with Crippen molar-refractivity contribution in [3.63, 3.8) is 0 Å². The monoisotopic (exact) mass is 843 g/mol. The maximum absolute atomic E-state index is 15.6. The highest BCUT2D eigenvalue weighted by Gasteiger charge is 2.60. The average Bonchev–Trinajstić information content (AvgIpc) is 3.77. The van der Waals surface area contributed by atoms with Crippen LogP contribution in [0, 0.1) is 41.4 Å². The summed E-state index contributed by atoms with van der Waals surface area (Å²) in [6, 6.07) is 8.34. The molecule has 6 aliphatic rings. The van der Waals surface area contributed by atoms with Gasteiger partial charge in [-0.25, -0.2) is 0 Å². The van der Waals surface area contributed by atoms with Gasteiger partial charge in [0.2, 0.25) is 0 Å². The van der Waals surface area contributed by atoms with E-state index in [1.54, 1.807) is 21.3 Å². The van der Waals surface area contributed by atoms with Gasteiger partial charge in [-0.1, -0.05) is 49.7 Å². The first kappa shape index (κ1) is 45.1. The zero-order valence-electron chi connectivity index (χ0n) is 36.7. The number of cyclic esters (lactones) is 1. The first-order valence-corrected chi connectivity index (χ1v) is 22.8. The number of halogens is 1. The van der Waals surface area contributed by atoms with Gasteiger partial charge < -0.3 is 42.8 Å². The van der Waals surface area contributed by atoms with Crippen molar-refractivity contribution in [1.82, 2.24) is 4.90 Å². The number of likely N-dealkylation sites (N-methyl/N-ethyl adjacent to an activating group) is 1. The van der Waals surface area contributed by atoms with E-state index in [1.807, 2.05) is 32.0 Å². The molecule has 3 heterocycles. The highest BCUT2D eigenvalue weighted by molar-refractivity contribution is 6.30. The third kappa shape index (κ3) is 9.40. The Hall–Kier alpha value is -1.93. The summed E-state index contributed by atoms with van der Waals surface area (Å²) in [5.74, 6) is -0.857. The lowest BCUT2D eigenvalue weighted by atomic mass is 9.67. The van der Waals surface area contributed by atoms with E-state index in [0.717, 1.165) is 50.5 Å². The number of nitrogens with zero attached hydrogens (tertiary/aromatic N) is 1. The largest absolute Gasteiger partial charge is 0.462 e. The Balaban J connectivity index is 1.21. The number of Topliss-reactive ketones (excluding diaryl/α,β-unsaturated/α-hetero) is 1. The second-order valence-electron chi connectivity index (χ2n) is 18.6. The summed E-state index contributed by atoms with van der Waals surface area (Å²) in [4.78, 5) is 31.8. The summed E-state index contributed by atoms with van der Waals surface area (Å²) in [7, 11) is 9.16. The lowest BCUT2D eigenvalue weighted by Crippen LogP contribution is -2.59. The molecule has 12 heteroatoms. The summed E-state index contributed by atoms with van der Waals surface area (Å²) in [6.45, 7) is 8.22. The summed E-state index contributed by atoms with van der Waals surface area (Å²) in [6.07, 6.45) is 8.07. The summed E-state index contributed by atoms with van der Waals surface area (Å²) >= 11 is 6.76. The number of carbonyl (C=O) groups is 2. The molecule has 0 amide bonds. The minimum atomic E-state index is -0.635. The predicted octanol–water partition coefficient (Wildman–Crippen LogP) is 7.61. The lowest BCUT2D eigenvalue weighted by Gasteiger charge is -2.44. The van der Waals surface area contributed by atoms with Crippen molar-refractivity contribution >= 4 is 23.4 Å². The smallest absolute Gasteiger partial charge is 0.306 e. The van der Waals surface area contributed by atoms with E-state index in [4.69, 9.17) is 49.5 Å². The number of hydrogen-bond acceptors (Lipinski definition) is 11. The van der Waals surface area contributed by atoms with Gasteiger partial charge >= 0.3 is 5.97 Å². The Morgan fingerprint density at radius 2 is 1.59 bits per heavy atom. The molecule has 6 unspecified atom stereocenters. The van der Waals surface area contributed by atoms with Crippen LogP contribution in [0.1, 0.15) is 97.0 Å². The minimum absolute atomic E-state index is 0.00975.